The number of carbonyl (C=O) groups excluding carboxylic acids is 3. The van der Waals surface area contributed by atoms with Gasteiger partial charge in [0.05, 0.1) is 10.6 Å². The molecule has 1 aromatic heterocycles. The Morgan fingerprint density at radius 1 is 1.15 bits per heavy atom. The number of hydrogen-bond donors (Lipinski definition) is 3. The summed E-state index contributed by atoms with van der Waals surface area (Å²) < 4.78 is 33.0. The third kappa shape index (κ3) is 6.87. The van der Waals surface area contributed by atoms with Gasteiger partial charge in [-0.25, -0.2) is 22.2 Å². The quantitative estimate of drug-likeness (QED) is 0.398. The number of aromatic nitrogens is 2. The smallest absolute Gasteiger partial charge is 0.408 e. The van der Waals surface area contributed by atoms with Crippen LogP contribution in [0.4, 0.5) is 10.5 Å². The van der Waals surface area contributed by atoms with Gasteiger partial charge in [0.25, 0.3) is 10.0 Å². The maximum Gasteiger partial charge on any atom is 0.408 e. The van der Waals surface area contributed by atoms with E-state index in [9.17, 15) is 22.8 Å². The number of rotatable bonds is 7. The van der Waals surface area contributed by atoms with Gasteiger partial charge < -0.3 is 20.7 Å². The summed E-state index contributed by atoms with van der Waals surface area (Å²) in [5.41, 5.74) is 1.84. The molecule has 0 radical (unpaired) electrons. The number of benzene rings is 2. The highest BCUT2D eigenvalue weighted by molar-refractivity contribution is 7.90. The van der Waals surface area contributed by atoms with E-state index in [1.165, 1.54) is 18.3 Å². The first-order chi connectivity index (χ1) is 18.8. The second kappa shape index (κ2) is 11.5. The van der Waals surface area contributed by atoms with Gasteiger partial charge in [-0.05, 0) is 64.3 Å². The summed E-state index contributed by atoms with van der Waals surface area (Å²) in [6.07, 6.45) is 2.25. The van der Waals surface area contributed by atoms with Gasteiger partial charge in [-0.15, -0.1) is 0 Å². The number of anilines is 1. The van der Waals surface area contributed by atoms with Gasteiger partial charge in [0.15, 0.2) is 0 Å². The van der Waals surface area contributed by atoms with E-state index in [4.69, 9.17) is 4.74 Å². The SMILES string of the molecule is Cc1ccc(S(=O)(=O)n2cncc2C[C@@H](NC(=O)OC(C)(C)C)C(=O)N[C@@H]2CCc3ccccc3NC2=O)cc1. The minimum absolute atomic E-state index is 0.0492. The molecular weight excluding hydrogens is 534 g/mol. The van der Waals surface area contributed by atoms with Gasteiger partial charge in [0.1, 0.15) is 24.0 Å². The Labute approximate surface area is 233 Å². The number of carbonyl (C=O) groups is 3. The fourth-order valence-corrected chi connectivity index (χ4v) is 5.60. The minimum atomic E-state index is -4.03. The van der Waals surface area contributed by atoms with Crippen molar-refractivity contribution >= 4 is 33.6 Å². The number of amides is 3. The number of fused-ring (bicyclic) bond motifs is 1. The zero-order valence-electron chi connectivity index (χ0n) is 22.8. The molecule has 212 valence electrons. The Hall–Kier alpha value is -4.19. The zero-order valence-corrected chi connectivity index (χ0v) is 23.6. The number of ether oxygens (including phenoxy) is 1. The van der Waals surface area contributed by atoms with Crippen molar-refractivity contribution in [3.05, 3.63) is 77.9 Å². The predicted molar refractivity (Wildman–Crippen MR) is 148 cm³/mol. The molecule has 4 rings (SSSR count). The summed E-state index contributed by atoms with van der Waals surface area (Å²) in [6.45, 7) is 6.88. The van der Waals surface area contributed by atoms with E-state index in [1.807, 2.05) is 25.1 Å². The average molecular weight is 568 g/mol. The second-order valence-corrected chi connectivity index (χ2v) is 12.5. The van der Waals surface area contributed by atoms with Crippen molar-refractivity contribution in [2.24, 2.45) is 0 Å². The molecule has 0 aliphatic carbocycles. The molecule has 11 nitrogen and oxygen atoms in total. The lowest BCUT2D eigenvalue weighted by atomic mass is 10.0. The van der Waals surface area contributed by atoms with Crippen molar-refractivity contribution in [1.82, 2.24) is 19.6 Å². The van der Waals surface area contributed by atoms with E-state index in [1.54, 1.807) is 39.0 Å². The first-order valence-corrected chi connectivity index (χ1v) is 14.3. The summed E-state index contributed by atoms with van der Waals surface area (Å²) >= 11 is 0. The summed E-state index contributed by atoms with van der Waals surface area (Å²) in [6, 6.07) is 11.6. The van der Waals surface area contributed by atoms with Gasteiger partial charge in [-0.2, -0.15) is 0 Å². The Balaban J connectivity index is 1.58. The van der Waals surface area contributed by atoms with Crippen molar-refractivity contribution < 1.29 is 27.5 Å². The zero-order chi connectivity index (χ0) is 29.1. The highest BCUT2D eigenvalue weighted by Crippen LogP contribution is 2.22. The lowest BCUT2D eigenvalue weighted by Crippen LogP contribution is -2.54. The molecule has 2 atom stereocenters. The molecule has 2 heterocycles. The molecule has 0 fully saturated rings. The van der Waals surface area contributed by atoms with Gasteiger partial charge in [0.2, 0.25) is 11.8 Å². The number of imidazole rings is 1. The lowest BCUT2D eigenvalue weighted by molar-refractivity contribution is -0.128. The van der Waals surface area contributed by atoms with Crippen LogP contribution in [0, 0.1) is 6.92 Å². The number of nitrogens with zero attached hydrogens (tertiary/aromatic N) is 2. The molecule has 40 heavy (non-hydrogen) atoms. The van der Waals surface area contributed by atoms with Crippen LogP contribution in [0.5, 0.6) is 0 Å². The van der Waals surface area contributed by atoms with E-state index < -0.39 is 39.7 Å². The molecule has 0 spiro atoms. The summed E-state index contributed by atoms with van der Waals surface area (Å²) in [5.74, 6) is -1.06. The maximum absolute atomic E-state index is 13.5. The van der Waals surface area contributed by atoms with Crippen molar-refractivity contribution in [3.63, 3.8) is 0 Å². The Morgan fingerprint density at radius 3 is 2.55 bits per heavy atom. The van der Waals surface area contributed by atoms with Crippen LogP contribution in [-0.2, 0) is 37.2 Å². The van der Waals surface area contributed by atoms with Gasteiger partial charge in [-0.1, -0.05) is 35.9 Å². The van der Waals surface area contributed by atoms with Crippen LogP contribution in [-0.4, -0.2) is 53.0 Å². The van der Waals surface area contributed by atoms with E-state index in [0.717, 1.165) is 21.4 Å². The molecule has 1 aliphatic rings. The third-order valence-corrected chi connectivity index (χ3v) is 8.00. The summed E-state index contributed by atoms with van der Waals surface area (Å²) in [5, 5.41) is 8.08. The average Bonchev–Trinajstić information content (AvgIpc) is 3.29. The van der Waals surface area contributed by atoms with Gasteiger partial charge in [0, 0.05) is 18.3 Å². The molecule has 0 bridgehead atoms. The van der Waals surface area contributed by atoms with Crippen molar-refractivity contribution in [2.75, 3.05) is 5.32 Å². The molecule has 0 saturated heterocycles. The molecule has 3 amide bonds. The first-order valence-electron chi connectivity index (χ1n) is 12.9. The van der Waals surface area contributed by atoms with E-state index in [0.29, 0.717) is 18.5 Å². The first kappa shape index (κ1) is 28.8. The van der Waals surface area contributed by atoms with E-state index in [-0.39, 0.29) is 22.9 Å². The van der Waals surface area contributed by atoms with Crippen molar-refractivity contribution in [1.29, 1.82) is 0 Å². The number of aryl methyl sites for hydroxylation is 2. The Bertz CT molecular complexity index is 1510. The highest BCUT2D eigenvalue weighted by atomic mass is 32.2. The fraction of sp³-hybridized carbons (Fsp3) is 0.357. The molecule has 0 unspecified atom stereocenters. The molecule has 3 N–H and O–H groups in total. The fourth-order valence-electron chi connectivity index (χ4n) is 4.28. The molecule has 1 aliphatic heterocycles. The van der Waals surface area contributed by atoms with Crippen molar-refractivity contribution in [2.45, 2.75) is 69.5 Å². The normalized spacial score (nSPS) is 16.2. The van der Waals surface area contributed by atoms with Crippen LogP contribution in [0.2, 0.25) is 0 Å². The third-order valence-electron chi connectivity index (χ3n) is 6.29. The van der Waals surface area contributed by atoms with Crippen LogP contribution in [0.1, 0.15) is 44.0 Å². The van der Waals surface area contributed by atoms with E-state index in [2.05, 4.69) is 20.9 Å². The van der Waals surface area contributed by atoms with Crippen LogP contribution in [0.15, 0.2) is 66.0 Å². The number of hydrogen-bond acceptors (Lipinski definition) is 7. The maximum atomic E-state index is 13.5. The van der Waals surface area contributed by atoms with Crippen LogP contribution in [0.25, 0.3) is 0 Å². The van der Waals surface area contributed by atoms with Crippen LogP contribution >= 0.6 is 0 Å². The second-order valence-electron chi connectivity index (χ2n) is 10.6. The molecule has 3 aromatic rings. The number of para-hydroxylation sites is 1. The predicted octanol–water partition coefficient (Wildman–Crippen LogP) is 2.93. The lowest BCUT2D eigenvalue weighted by Gasteiger charge is -2.25. The number of nitrogens with one attached hydrogen (secondary N) is 3. The largest absolute Gasteiger partial charge is 0.444 e. The van der Waals surface area contributed by atoms with Crippen LogP contribution < -0.4 is 16.0 Å². The summed E-state index contributed by atoms with van der Waals surface area (Å²) in [4.78, 5) is 43.1. The number of alkyl carbamates (subject to hydrolysis) is 1. The van der Waals surface area contributed by atoms with E-state index >= 15 is 0 Å². The molecule has 0 saturated carbocycles. The summed E-state index contributed by atoms with van der Waals surface area (Å²) in [7, 11) is -4.03. The van der Waals surface area contributed by atoms with Gasteiger partial charge >= 0.3 is 6.09 Å². The van der Waals surface area contributed by atoms with Gasteiger partial charge in [-0.3, -0.25) is 9.59 Å². The Kier molecular flexibility index (Phi) is 8.29. The highest BCUT2D eigenvalue weighted by Gasteiger charge is 2.32. The standard InChI is InChI=1S/C28H33N5O6S/c1-18-9-12-21(13-10-18)40(37,38)33-17-29-16-20(33)15-24(32-27(36)39-28(2,3)4)26(35)31-23-14-11-19-7-5-6-8-22(19)30-25(23)34/h5-10,12-13,16-17,23-24H,11,14-15H2,1-4H3,(H,30,34)(H,31,35)(H,32,36)/t23-,24-/m1/s1. The Morgan fingerprint density at radius 2 is 1.85 bits per heavy atom. The minimum Gasteiger partial charge on any atom is -0.444 e. The molecular formula is C28H33N5O6S. The monoisotopic (exact) mass is 567 g/mol. The molecule has 12 heteroatoms. The topological polar surface area (TPSA) is 148 Å². The van der Waals surface area contributed by atoms with Crippen molar-refractivity contribution in [3.8, 4) is 0 Å². The van der Waals surface area contributed by atoms with Crippen LogP contribution in [0.3, 0.4) is 0 Å². The molecule has 2 aromatic carbocycles.